The summed E-state index contributed by atoms with van der Waals surface area (Å²) in [6.45, 7) is 6.92. The van der Waals surface area contributed by atoms with E-state index in [1.165, 1.54) is 0 Å². The van der Waals surface area contributed by atoms with E-state index in [1.807, 2.05) is 26.0 Å². The normalized spacial score (nSPS) is 13.7. The van der Waals surface area contributed by atoms with Gasteiger partial charge in [-0.15, -0.1) is 0 Å². The molecule has 25 heavy (non-hydrogen) atoms. The molecule has 5 nitrogen and oxygen atoms in total. The molecular formula is C20H22N4O. The van der Waals surface area contributed by atoms with Crippen LogP contribution in [0.2, 0.25) is 0 Å². The average Bonchev–Trinajstić information content (AvgIpc) is 2.96. The molecule has 1 N–H and O–H groups in total. The maximum Gasteiger partial charge on any atom is 0.257 e. The lowest BCUT2D eigenvalue weighted by Gasteiger charge is -2.17. The second kappa shape index (κ2) is 5.99. The number of amides is 1. The van der Waals surface area contributed by atoms with Crippen molar-refractivity contribution in [2.45, 2.75) is 46.6 Å². The van der Waals surface area contributed by atoms with Crippen LogP contribution in [0.4, 0.5) is 5.82 Å². The Morgan fingerprint density at radius 1 is 1.16 bits per heavy atom. The van der Waals surface area contributed by atoms with Crippen molar-refractivity contribution in [3.63, 3.8) is 0 Å². The fourth-order valence-corrected chi connectivity index (χ4v) is 3.77. The number of nitrogens with zero attached hydrogens (tertiary/aromatic N) is 3. The number of rotatable bonds is 2. The van der Waals surface area contributed by atoms with Gasteiger partial charge in [0.2, 0.25) is 0 Å². The third-order valence-electron chi connectivity index (χ3n) is 4.83. The van der Waals surface area contributed by atoms with E-state index < -0.39 is 0 Å². The zero-order valence-electron chi connectivity index (χ0n) is 14.9. The maximum atomic E-state index is 13.0. The summed E-state index contributed by atoms with van der Waals surface area (Å²) in [5, 5.41) is 3.98. The molecule has 3 aromatic rings. The third kappa shape index (κ3) is 2.80. The van der Waals surface area contributed by atoms with Crippen molar-refractivity contribution < 1.29 is 4.79 Å². The summed E-state index contributed by atoms with van der Waals surface area (Å²) < 4.78 is 2.12. The summed E-state index contributed by atoms with van der Waals surface area (Å²) in [6, 6.07) is 6.00. The Morgan fingerprint density at radius 2 is 2.00 bits per heavy atom. The van der Waals surface area contributed by atoms with Gasteiger partial charge in [-0.1, -0.05) is 6.07 Å². The zero-order valence-corrected chi connectivity index (χ0v) is 14.9. The number of benzene rings is 1. The molecule has 1 amide bonds. The van der Waals surface area contributed by atoms with Crippen molar-refractivity contribution in [2.24, 2.45) is 0 Å². The van der Waals surface area contributed by atoms with Crippen LogP contribution in [0, 0.1) is 20.8 Å². The smallest absolute Gasteiger partial charge is 0.257 e. The van der Waals surface area contributed by atoms with Crippen LogP contribution in [0.15, 0.2) is 24.4 Å². The summed E-state index contributed by atoms with van der Waals surface area (Å²) in [6.07, 6.45) is 5.04. The standard InChI is InChI=1S/C20H22N4O/c1-12-8-13(2)19-15(10-14(3)22-16(19)9-12)20(25)23-18-11-21-17-6-4-5-7-24(17)18/h8-11H,4-7H2,1-3H3,(H,23,25). The Hall–Kier alpha value is -2.69. The molecule has 0 bridgehead atoms. The summed E-state index contributed by atoms with van der Waals surface area (Å²) in [5.41, 5.74) is 4.62. The van der Waals surface area contributed by atoms with Gasteiger partial charge in [0, 0.05) is 24.0 Å². The predicted molar refractivity (Wildman–Crippen MR) is 99.1 cm³/mol. The van der Waals surface area contributed by atoms with E-state index in [4.69, 9.17) is 0 Å². The van der Waals surface area contributed by atoms with Crippen molar-refractivity contribution in [2.75, 3.05) is 5.32 Å². The van der Waals surface area contributed by atoms with E-state index in [9.17, 15) is 4.79 Å². The van der Waals surface area contributed by atoms with Gasteiger partial charge in [0.05, 0.1) is 17.3 Å². The van der Waals surface area contributed by atoms with Gasteiger partial charge in [-0.25, -0.2) is 4.98 Å². The number of carbonyl (C=O) groups is 1. The largest absolute Gasteiger partial charge is 0.315 e. The number of fused-ring (bicyclic) bond motifs is 2. The minimum atomic E-state index is -0.101. The molecule has 0 aliphatic carbocycles. The first-order valence-corrected chi connectivity index (χ1v) is 8.77. The molecule has 4 rings (SSSR count). The van der Waals surface area contributed by atoms with Crippen LogP contribution < -0.4 is 5.32 Å². The number of aromatic nitrogens is 3. The SMILES string of the molecule is Cc1cc(C)c2c(C(=O)Nc3cnc4n3CCCC4)cc(C)nc2c1. The van der Waals surface area contributed by atoms with Gasteiger partial charge in [0.15, 0.2) is 0 Å². The summed E-state index contributed by atoms with van der Waals surface area (Å²) >= 11 is 0. The summed E-state index contributed by atoms with van der Waals surface area (Å²) in [4.78, 5) is 22.1. The quantitative estimate of drug-likeness (QED) is 0.772. The van der Waals surface area contributed by atoms with Gasteiger partial charge in [-0.3, -0.25) is 9.78 Å². The fraction of sp³-hybridized carbons (Fsp3) is 0.350. The minimum Gasteiger partial charge on any atom is -0.315 e. The molecule has 3 heterocycles. The monoisotopic (exact) mass is 334 g/mol. The van der Waals surface area contributed by atoms with Gasteiger partial charge < -0.3 is 9.88 Å². The first-order chi connectivity index (χ1) is 12.0. The molecule has 0 spiro atoms. The van der Waals surface area contributed by atoms with Crippen molar-refractivity contribution in [3.8, 4) is 0 Å². The molecule has 0 radical (unpaired) electrons. The lowest BCUT2D eigenvalue weighted by Crippen LogP contribution is -2.19. The van der Waals surface area contributed by atoms with Crippen molar-refractivity contribution in [1.82, 2.24) is 14.5 Å². The highest BCUT2D eigenvalue weighted by Crippen LogP contribution is 2.26. The number of hydrogen-bond donors (Lipinski definition) is 1. The molecule has 0 atom stereocenters. The Bertz CT molecular complexity index is 982. The minimum absolute atomic E-state index is 0.101. The maximum absolute atomic E-state index is 13.0. The van der Waals surface area contributed by atoms with E-state index in [2.05, 4.69) is 32.8 Å². The van der Waals surface area contributed by atoms with Crippen molar-refractivity contribution in [1.29, 1.82) is 0 Å². The van der Waals surface area contributed by atoms with Gasteiger partial charge >= 0.3 is 0 Å². The van der Waals surface area contributed by atoms with Crippen LogP contribution in [-0.4, -0.2) is 20.4 Å². The molecular weight excluding hydrogens is 312 g/mol. The van der Waals surface area contributed by atoms with Crippen LogP contribution in [0.25, 0.3) is 10.9 Å². The highest BCUT2D eigenvalue weighted by molar-refractivity contribution is 6.13. The number of imidazole rings is 1. The molecule has 0 saturated carbocycles. The number of nitrogens with one attached hydrogen (secondary N) is 1. The molecule has 0 unspecified atom stereocenters. The van der Waals surface area contributed by atoms with E-state index in [0.29, 0.717) is 5.56 Å². The summed E-state index contributed by atoms with van der Waals surface area (Å²) in [7, 11) is 0. The van der Waals surface area contributed by atoms with Crippen molar-refractivity contribution in [3.05, 3.63) is 52.6 Å². The molecule has 2 aromatic heterocycles. The predicted octanol–water partition coefficient (Wildman–Crippen LogP) is 3.95. The highest BCUT2D eigenvalue weighted by Gasteiger charge is 2.19. The lowest BCUT2D eigenvalue weighted by atomic mass is 10.00. The fourth-order valence-electron chi connectivity index (χ4n) is 3.77. The third-order valence-corrected chi connectivity index (χ3v) is 4.83. The number of anilines is 1. The van der Waals surface area contributed by atoms with Gasteiger partial charge in [0.1, 0.15) is 11.6 Å². The number of hydrogen-bond acceptors (Lipinski definition) is 3. The molecule has 1 aliphatic rings. The average molecular weight is 334 g/mol. The first-order valence-electron chi connectivity index (χ1n) is 8.77. The van der Waals surface area contributed by atoms with Crippen LogP contribution >= 0.6 is 0 Å². The van der Waals surface area contributed by atoms with Gasteiger partial charge in [-0.2, -0.15) is 0 Å². The van der Waals surface area contributed by atoms with E-state index in [-0.39, 0.29) is 5.91 Å². The molecule has 128 valence electrons. The Kier molecular flexibility index (Phi) is 3.79. The lowest BCUT2D eigenvalue weighted by molar-refractivity contribution is 0.102. The highest BCUT2D eigenvalue weighted by atomic mass is 16.1. The Balaban J connectivity index is 1.77. The first kappa shape index (κ1) is 15.8. The topological polar surface area (TPSA) is 59.8 Å². The van der Waals surface area contributed by atoms with Crippen molar-refractivity contribution >= 4 is 22.6 Å². The van der Waals surface area contributed by atoms with Crippen LogP contribution in [0.3, 0.4) is 0 Å². The second-order valence-corrected chi connectivity index (χ2v) is 6.91. The van der Waals surface area contributed by atoms with Crippen LogP contribution in [0.5, 0.6) is 0 Å². The second-order valence-electron chi connectivity index (χ2n) is 6.91. The van der Waals surface area contributed by atoms with Gasteiger partial charge in [0.25, 0.3) is 5.91 Å². The van der Waals surface area contributed by atoms with E-state index in [1.54, 1.807) is 6.20 Å². The Morgan fingerprint density at radius 3 is 2.84 bits per heavy atom. The summed E-state index contributed by atoms with van der Waals surface area (Å²) in [5.74, 6) is 1.74. The number of pyridine rings is 1. The molecule has 1 aromatic carbocycles. The molecule has 5 heteroatoms. The zero-order chi connectivity index (χ0) is 17.6. The number of aryl methyl sites for hydroxylation is 4. The Labute approximate surface area is 147 Å². The molecule has 1 aliphatic heterocycles. The van der Waals surface area contributed by atoms with Crippen LogP contribution in [-0.2, 0) is 13.0 Å². The van der Waals surface area contributed by atoms with Gasteiger partial charge in [-0.05, 0) is 56.9 Å². The van der Waals surface area contributed by atoms with E-state index in [0.717, 1.165) is 65.2 Å². The van der Waals surface area contributed by atoms with E-state index >= 15 is 0 Å². The molecule has 0 fully saturated rings. The molecule has 0 saturated heterocycles. The van der Waals surface area contributed by atoms with Crippen LogP contribution in [0.1, 0.15) is 45.8 Å². The number of carbonyl (C=O) groups excluding carboxylic acids is 1.